The summed E-state index contributed by atoms with van der Waals surface area (Å²) in [7, 11) is 0. The maximum atomic E-state index is 6.40. The Hall–Kier alpha value is -7.90. The normalized spacial score (nSPS) is 12.2. The summed E-state index contributed by atoms with van der Waals surface area (Å²) in [5, 5.41) is 17.9. The summed E-state index contributed by atoms with van der Waals surface area (Å²) in [6.45, 7) is 0. The highest BCUT2D eigenvalue weighted by Crippen LogP contribution is 2.39. The molecule has 7 nitrogen and oxygen atoms in total. The molecule has 0 unspecified atom stereocenters. The molecular weight excluding hydrogens is 705 g/mol. The molecule has 0 radical (unpaired) electrons. The van der Waals surface area contributed by atoms with Gasteiger partial charge >= 0.3 is 0 Å². The number of hydrogen-bond donors (Lipinski definition) is 0. The quantitative estimate of drug-likeness (QED) is 0.180. The molecule has 0 N–H and O–H groups in total. The molecule has 266 valence electrons. The van der Waals surface area contributed by atoms with Gasteiger partial charge in [0.15, 0.2) is 0 Å². The molecule has 5 heterocycles. The first-order valence-electron chi connectivity index (χ1n) is 19.0. The van der Waals surface area contributed by atoms with Crippen LogP contribution in [0.2, 0.25) is 0 Å². The highest BCUT2D eigenvalue weighted by atomic mass is 16.4. The Labute approximate surface area is 323 Å². The number of furan rings is 2. The molecule has 0 saturated heterocycles. The number of nitrogens with zero attached hydrogens (tertiary/aromatic N) is 4. The zero-order valence-corrected chi connectivity index (χ0v) is 30.2. The summed E-state index contributed by atoms with van der Waals surface area (Å²) in [6.07, 6.45) is 0. The lowest BCUT2D eigenvalue weighted by atomic mass is 10.1. The molecule has 5 aromatic heterocycles. The van der Waals surface area contributed by atoms with E-state index < -0.39 is 0 Å². The first-order chi connectivity index (χ1) is 28.2. The van der Waals surface area contributed by atoms with Crippen molar-refractivity contribution >= 4 is 87.5 Å². The van der Waals surface area contributed by atoms with Gasteiger partial charge in [-0.25, -0.2) is 0 Å². The van der Waals surface area contributed by atoms with Crippen LogP contribution >= 0.6 is 0 Å². The number of benzene rings is 8. The Kier molecular flexibility index (Phi) is 6.04. The molecule has 0 saturated carbocycles. The molecule has 0 fully saturated rings. The van der Waals surface area contributed by atoms with Crippen LogP contribution in [0.25, 0.3) is 122 Å². The topological polar surface area (TPSA) is 75.1 Å². The first kappa shape index (κ1) is 30.4. The fourth-order valence-electron chi connectivity index (χ4n) is 8.93. The summed E-state index contributed by atoms with van der Waals surface area (Å²) in [5.41, 5.74) is 11.6. The maximum Gasteiger partial charge on any atom is 0.248 e. The Bertz CT molecular complexity index is 3430. The molecule has 0 amide bonds. The Balaban J connectivity index is 0.897. The van der Waals surface area contributed by atoms with Gasteiger partial charge in [0.25, 0.3) is 0 Å². The van der Waals surface area contributed by atoms with Crippen molar-refractivity contribution in [3.05, 3.63) is 170 Å². The molecule has 0 aliphatic rings. The smallest absolute Gasteiger partial charge is 0.248 e. The third kappa shape index (κ3) is 4.36. The minimum atomic E-state index is 0.436. The summed E-state index contributed by atoms with van der Waals surface area (Å²) in [6, 6.07) is 59.0. The van der Waals surface area contributed by atoms with Crippen molar-refractivity contribution in [2.45, 2.75) is 0 Å². The van der Waals surface area contributed by atoms with Gasteiger partial charge in [-0.1, -0.05) is 72.8 Å². The molecule has 0 aliphatic heterocycles. The second kappa shape index (κ2) is 11.3. The Morgan fingerprint density at radius 2 is 0.632 bits per heavy atom. The van der Waals surface area contributed by atoms with E-state index >= 15 is 0 Å². The highest BCUT2D eigenvalue weighted by molar-refractivity contribution is 6.12. The molecular formula is C50H28N4O3. The van der Waals surface area contributed by atoms with E-state index in [9.17, 15) is 0 Å². The molecule has 8 aromatic carbocycles. The predicted octanol–water partition coefficient (Wildman–Crippen LogP) is 13.4. The van der Waals surface area contributed by atoms with Crippen LogP contribution in [-0.4, -0.2) is 19.3 Å². The van der Waals surface area contributed by atoms with E-state index in [1.165, 1.54) is 21.5 Å². The number of aromatic nitrogens is 4. The van der Waals surface area contributed by atoms with E-state index in [0.29, 0.717) is 11.8 Å². The van der Waals surface area contributed by atoms with Crippen LogP contribution in [0.1, 0.15) is 0 Å². The fraction of sp³-hybridized carbons (Fsp3) is 0. The lowest BCUT2D eigenvalue weighted by Crippen LogP contribution is -1.93. The van der Waals surface area contributed by atoms with Crippen molar-refractivity contribution in [3.63, 3.8) is 0 Å². The predicted molar refractivity (Wildman–Crippen MR) is 228 cm³/mol. The van der Waals surface area contributed by atoms with Crippen molar-refractivity contribution < 1.29 is 13.3 Å². The minimum absolute atomic E-state index is 0.436. The minimum Gasteiger partial charge on any atom is -0.456 e. The second-order valence-electron chi connectivity index (χ2n) is 14.6. The lowest BCUT2D eigenvalue weighted by Gasteiger charge is -2.08. The van der Waals surface area contributed by atoms with Crippen molar-refractivity contribution in [2.24, 2.45) is 0 Å². The summed E-state index contributed by atoms with van der Waals surface area (Å²) >= 11 is 0. The molecule has 0 atom stereocenters. The molecule has 0 spiro atoms. The largest absolute Gasteiger partial charge is 0.456 e. The van der Waals surface area contributed by atoms with Gasteiger partial charge in [0.05, 0.1) is 22.1 Å². The summed E-state index contributed by atoms with van der Waals surface area (Å²) < 4.78 is 23.7. The van der Waals surface area contributed by atoms with Crippen LogP contribution in [0.3, 0.4) is 0 Å². The van der Waals surface area contributed by atoms with Gasteiger partial charge in [-0.15, -0.1) is 10.2 Å². The first-order valence-corrected chi connectivity index (χ1v) is 19.0. The van der Waals surface area contributed by atoms with Crippen LogP contribution in [0.5, 0.6) is 0 Å². The summed E-state index contributed by atoms with van der Waals surface area (Å²) in [5.74, 6) is 0.871. The van der Waals surface area contributed by atoms with Gasteiger partial charge in [0.2, 0.25) is 11.8 Å². The van der Waals surface area contributed by atoms with Crippen molar-refractivity contribution in [1.82, 2.24) is 19.3 Å². The molecule has 7 heteroatoms. The van der Waals surface area contributed by atoms with Gasteiger partial charge in [0.1, 0.15) is 22.3 Å². The van der Waals surface area contributed by atoms with E-state index in [-0.39, 0.29) is 0 Å². The van der Waals surface area contributed by atoms with Crippen molar-refractivity contribution in [3.8, 4) is 34.3 Å². The van der Waals surface area contributed by atoms with Crippen LogP contribution in [0.4, 0.5) is 0 Å². The SMILES string of the molecule is c1ccc2c(c1)c1ccccc1n2-c1ccc2oc3ccc(-c4nnc(-c5ccc6oc7ccc(-n8c9ccccc9c9ccccc98)cc7c6c5)o4)cc3c2c1. The molecule has 13 aromatic rings. The van der Waals surface area contributed by atoms with E-state index in [2.05, 4.69) is 165 Å². The Morgan fingerprint density at radius 3 is 1.02 bits per heavy atom. The molecule has 13 rings (SSSR count). The van der Waals surface area contributed by atoms with Crippen LogP contribution in [-0.2, 0) is 0 Å². The number of fused-ring (bicyclic) bond motifs is 12. The fourth-order valence-corrected chi connectivity index (χ4v) is 8.93. The average Bonchev–Trinajstić information content (AvgIpc) is 4.09. The zero-order chi connectivity index (χ0) is 37.2. The zero-order valence-electron chi connectivity index (χ0n) is 30.2. The van der Waals surface area contributed by atoms with Crippen LogP contribution < -0.4 is 0 Å². The van der Waals surface area contributed by atoms with E-state index in [1.54, 1.807) is 0 Å². The van der Waals surface area contributed by atoms with E-state index in [0.717, 1.165) is 88.4 Å². The Morgan fingerprint density at radius 1 is 0.298 bits per heavy atom. The number of rotatable bonds is 4. The van der Waals surface area contributed by atoms with Gasteiger partial charge in [-0.2, -0.15) is 0 Å². The van der Waals surface area contributed by atoms with E-state index in [1.807, 2.05) is 24.3 Å². The van der Waals surface area contributed by atoms with Gasteiger partial charge in [0, 0.05) is 65.6 Å². The van der Waals surface area contributed by atoms with E-state index in [4.69, 9.17) is 13.3 Å². The van der Waals surface area contributed by atoms with Gasteiger partial charge in [-0.3, -0.25) is 0 Å². The van der Waals surface area contributed by atoms with Crippen LogP contribution in [0.15, 0.2) is 183 Å². The average molecular weight is 733 g/mol. The molecule has 57 heavy (non-hydrogen) atoms. The highest BCUT2D eigenvalue weighted by Gasteiger charge is 2.19. The third-order valence-electron chi connectivity index (χ3n) is 11.5. The summed E-state index contributed by atoms with van der Waals surface area (Å²) in [4.78, 5) is 0. The standard InChI is InChI=1S/C50H28N4O3/c1-5-13-41-33(9-1)34-10-2-6-14-42(34)53(41)31-19-23-47-39(27-31)37-25-29(17-21-45(37)55-47)49-51-52-50(57-49)30-18-22-46-38(26-30)40-28-32(20-24-48(40)56-46)54-43-15-7-3-11-35(43)36-12-4-8-16-44(36)54/h1-28H. The lowest BCUT2D eigenvalue weighted by molar-refractivity contribution is 0.584. The maximum absolute atomic E-state index is 6.40. The monoisotopic (exact) mass is 732 g/mol. The third-order valence-corrected chi connectivity index (χ3v) is 11.5. The molecule has 0 bridgehead atoms. The van der Waals surface area contributed by atoms with Gasteiger partial charge < -0.3 is 22.4 Å². The van der Waals surface area contributed by atoms with Crippen molar-refractivity contribution in [2.75, 3.05) is 0 Å². The van der Waals surface area contributed by atoms with Crippen molar-refractivity contribution in [1.29, 1.82) is 0 Å². The number of para-hydroxylation sites is 4. The second-order valence-corrected chi connectivity index (χ2v) is 14.6. The number of hydrogen-bond acceptors (Lipinski definition) is 5. The van der Waals surface area contributed by atoms with Crippen LogP contribution in [0, 0.1) is 0 Å². The molecule has 0 aliphatic carbocycles. The van der Waals surface area contributed by atoms with Gasteiger partial charge in [-0.05, 0) is 97.1 Å².